The SMILES string of the molecule is Cc1ccc(C2(N=C=O)CCCC2)c(Cl)c1O. The second-order valence-corrected chi connectivity index (χ2v) is 4.91. The largest absolute Gasteiger partial charge is 0.506 e. The average Bonchev–Trinajstić information content (AvgIpc) is 2.76. The van der Waals surface area contributed by atoms with Crippen molar-refractivity contribution >= 4 is 17.7 Å². The topological polar surface area (TPSA) is 49.7 Å². The molecule has 0 bridgehead atoms. The number of hydrogen-bond donors (Lipinski definition) is 1. The van der Waals surface area contributed by atoms with E-state index >= 15 is 0 Å². The quantitative estimate of drug-likeness (QED) is 0.646. The molecule has 0 amide bonds. The van der Waals surface area contributed by atoms with Gasteiger partial charge in [0.05, 0.1) is 10.6 Å². The molecule has 17 heavy (non-hydrogen) atoms. The van der Waals surface area contributed by atoms with Crippen molar-refractivity contribution in [2.24, 2.45) is 4.99 Å². The third-order valence-electron chi connectivity index (χ3n) is 3.51. The van der Waals surface area contributed by atoms with Crippen molar-refractivity contribution in [1.29, 1.82) is 0 Å². The molecule has 2 rings (SSSR count). The number of aryl methyl sites for hydroxylation is 1. The minimum Gasteiger partial charge on any atom is -0.506 e. The van der Waals surface area contributed by atoms with E-state index in [4.69, 9.17) is 11.6 Å². The summed E-state index contributed by atoms with van der Waals surface area (Å²) in [5.74, 6) is 0.0801. The van der Waals surface area contributed by atoms with Crippen molar-refractivity contribution in [3.05, 3.63) is 28.3 Å². The van der Waals surface area contributed by atoms with E-state index in [0.717, 1.165) is 36.8 Å². The van der Waals surface area contributed by atoms with Crippen LogP contribution in [0.5, 0.6) is 5.75 Å². The first-order valence-electron chi connectivity index (χ1n) is 5.68. The third-order valence-corrected chi connectivity index (χ3v) is 3.89. The van der Waals surface area contributed by atoms with Gasteiger partial charge in [0.1, 0.15) is 5.75 Å². The highest BCUT2D eigenvalue weighted by molar-refractivity contribution is 6.33. The molecule has 0 radical (unpaired) electrons. The first kappa shape index (κ1) is 12.2. The summed E-state index contributed by atoms with van der Waals surface area (Å²) in [5.41, 5.74) is 0.884. The van der Waals surface area contributed by atoms with Gasteiger partial charge in [0.25, 0.3) is 0 Å². The van der Waals surface area contributed by atoms with E-state index in [1.807, 2.05) is 6.07 Å². The van der Waals surface area contributed by atoms with Crippen LogP contribution < -0.4 is 0 Å². The maximum absolute atomic E-state index is 10.6. The zero-order valence-electron chi connectivity index (χ0n) is 9.66. The van der Waals surface area contributed by atoms with Crippen LogP contribution in [0, 0.1) is 6.92 Å². The normalized spacial score (nSPS) is 17.8. The van der Waals surface area contributed by atoms with Crippen molar-refractivity contribution in [2.45, 2.75) is 38.1 Å². The van der Waals surface area contributed by atoms with E-state index in [1.165, 1.54) is 0 Å². The Morgan fingerprint density at radius 2 is 2.06 bits per heavy atom. The molecule has 0 saturated heterocycles. The minimum absolute atomic E-state index is 0.0801. The number of nitrogens with zero attached hydrogens (tertiary/aromatic N) is 1. The van der Waals surface area contributed by atoms with Crippen LogP contribution in [0.4, 0.5) is 0 Å². The Balaban J connectivity index is 2.58. The molecule has 4 heteroatoms. The molecule has 1 aliphatic rings. The highest BCUT2D eigenvalue weighted by Gasteiger charge is 2.38. The van der Waals surface area contributed by atoms with E-state index in [2.05, 4.69) is 4.99 Å². The molecule has 1 N–H and O–H groups in total. The van der Waals surface area contributed by atoms with Crippen LogP contribution in [-0.4, -0.2) is 11.2 Å². The average molecular weight is 252 g/mol. The molecule has 0 unspecified atom stereocenters. The molecule has 1 aromatic carbocycles. The molecule has 1 aliphatic carbocycles. The smallest absolute Gasteiger partial charge is 0.235 e. The fraction of sp³-hybridized carbons (Fsp3) is 0.462. The van der Waals surface area contributed by atoms with E-state index in [9.17, 15) is 9.90 Å². The Morgan fingerprint density at radius 1 is 1.41 bits per heavy atom. The maximum atomic E-state index is 10.6. The van der Waals surface area contributed by atoms with Crippen LogP contribution in [0.25, 0.3) is 0 Å². The first-order chi connectivity index (χ1) is 8.10. The predicted octanol–water partition coefficient (Wildman–Crippen LogP) is 3.46. The Bertz CT molecular complexity index is 486. The summed E-state index contributed by atoms with van der Waals surface area (Å²) in [5, 5.41) is 10.2. The number of halogens is 1. The van der Waals surface area contributed by atoms with Crippen LogP contribution in [0.15, 0.2) is 17.1 Å². The second kappa shape index (κ2) is 4.52. The summed E-state index contributed by atoms with van der Waals surface area (Å²) in [6.45, 7) is 1.79. The second-order valence-electron chi connectivity index (χ2n) is 4.53. The van der Waals surface area contributed by atoms with Gasteiger partial charge in [-0.15, -0.1) is 0 Å². The molecule has 0 spiro atoms. The molecule has 1 saturated carbocycles. The van der Waals surface area contributed by atoms with Gasteiger partial charge < -0.3 is 5.11 Å². The zero-order chi connectivity index (χ0) is 12.5. The molecule has 0 aliphatic heterocycles. The number of phenols is 1. The lowest BCUT2D eigenvalue weighted by Crippen LogP contribution is -2.19. The number of carbonyl (C=O) groups excluding carboxylic acids is 1. The molecule has 1 aromatic rings. The van der Waals surface area contributed by atoms with Crippen molar-refractivity contribution in [2.75, 3.05) is 0 Å². The number of phenolic OH excluding ortho intramolecular Hbond substituents is 1. The number of isocyanates is 1. The van der Waals surface area contributed by atoms with Crippen molar-refractivity contribution in [3.63, 3.8) is 0 Å². The van der Waals surface area contributed by atoms with Gasteiger partial charge in [0, 0.05) is 5.56 Å². The van der Waals surface area contributed by atoms with Gasteiger partial charge in [-0.25, -0.2) is 4.79 Å². The van der Waals surface area contributed by atoms with E-state index in [1.54, 1.807) is 19.1 Å². The molecule has 0 aromatic heterocycles. The predicted molar refractivity (Wildman–Crippen MR) is 66.1 cm³/mol. The van der Waals surface area contributed by atoms with Crippen molar-refractivity contribution in [1.82, 2.24) is 0 Å². The maximum Gasteiger partial charge on any atom is 0.235 e. The fourth-order valence-electron chi connectivity index (χ4n) is 2.51. The number of benzene rings is 1. The van der Waals surface area contributed by atoms with Crippen LogP contribution >= 0.6 is 11.6 Å². The summed E-state index contributed by atoms with van der Waals surface area (Å²) < 4.78 is 0. The molecule has 90 valence electrons. The lowest BCUT2D eigenvalue weighted by Gasteiger charge is -2.24. The summed E-state index contributed by atoms with van der Waals surface area (Å²) in [6, 6.07) is 3.65. The molecule has 0 atom stereocenters. The van der Waals surface area contributed by atoms with Gasteiger partial charge in [-0.3, -0.25) is 0 Å². The van der Waals surface area contributed by atoms with Gasteiger partial charge in [0.2, 0.25) is 6.08 Å². The molecule has 3 nitrogen and oxygen atoms in total. The lowest BCUT2D eigenvalue weighted by molar-refractivity contribution is 0.442. The van der Waals surface area contributed by atoms with Crippen LogP contribution in [0.1, 0.15) is 36.8 Å². The van der Waals surface area contributed by atoms with E-state index in [0.29, 0.717) is 5.02 Å². The van der Waals surface area contributed by atoms with Crippen molar-refractivity contribution < 1.29 is 9.90 Å². The summed E-state index contributed by atoms with van der Waals surface area (Å²) >= 11 is 6.16. The highest BCUT2D eigenvalue weighted by atomic mass is 35.5. The standard InChI is InChI=1S/C13H14ClNO2/c1-9-4-5-10(11(14)12(9)17)13(15-8-16)6-2-3-7-13/h4-5,17H,2-3,6-7H2,1H3. The van der Waals surface area contributed by atoms with E-state index in [-0.39, 0.29) is 5.75 Å². The molecular weight excluding hydrogens is 238 g/mol. The summed E-state index contributed by atoms with van der Waals surface area (Å²) in [7, 11) is 0. The number of aromatic hydroxyl groups is 1. The number of rotatable bonds is 2. The molecule has 0 heterocycles. The van der Waals surface area contributed by atoms with Gasteiger partial charge in [0.15, 0.2) is 0 Å². The Kier molecular flexibility index (Phi) is 3.23. The highest BCUT2D eigenvalue weighted by Crippen LogP contribution is 2.47. The first-order valence-corrected chi connectivity index (χ1v) is 6.06. The van der Waals surface area contributed by atoms with Gasteiger partial charge in [-0.2, -0.15) is 4.99 Å². The molecule has 1 fully saturated rings. The number of aliphatic imine (C=N–C) groups is 1. The van der Waals surface area contributed by atoms with Crippen LogP contribution in [0.3, 0.4) is 0 Å². The third kappa shape index (κ3) is 1.97. The lowest BCUT2D eigenvalue weighted by atomic mass is 9.88. The van der Waals surface area contributed by atoms with E-state index < -0.39 is 5.54 Å². The van der Waals surface area contributed by atoms with Gasteiger partial charge in [-0.05, 0) is 25.3 Å². The van der Waals surface area contributed by atoms with Gasteiger partial charge in [-0.1, -0.05) is 36.6 Å². The minimum atomic E-state index is -0.579. The zero-order valence-corrected chi connectivity index (χ0v) is 10.4. The summed E-state index contributed by atoms with van der Waals surface area (Å²) in [4.78, 5) is 14.6. The Labute approximate surface area is 105 Å². The summed E-state index contributed by atoms with van der Waals surface area (Å²) in [6.07, 6.45) is 5.23. The van der Waals surface area contributed by atoms with Crippen LogP contribution in [0.2, 0.25) is 5.02 Å². The number of hydrogen-bond acceptors (Lipinski definition) is 3. The van der Waals surface area contributed by atoms with Gasteiger partial charge >= 0.3 is 0 Å². The fourth-order valence-corrected chi connectivity index (χ4v) is 2.90. The van der Waals surface area contributed by atoms with Crippen molar-refractivity contribution in [3.8, 4) is 5.75 Å². The monoisotopic (exact) mass is 251 g/mol. The Morgan fingerprint density at radius 3 is 2.65 bits per heavy atom. The molecular formula is C13H14ClNO2. The van der Waals surface area contributed by atoms with Crippen LogP contribution in [-0.2, 0) is 10.3 Å². The Hall–Kier alpha value is -1.31.